The van der Waals surface area contributed by atoms with Crippen molar-refractivity contribution in [3.8, 4) is 17.2 Å². The number of nitrogens with zero attached hydrogens (tertiary/aromatic N) is 1. The molecule has 7 nitrogen and oxygen atoms in total. The maximum atomic E-state index is 12.3. The monoisotopic (exact) mass is 516 g/mol. The molecule has 38 heavy (non-hydrogen) atoms. The van der Waals surface area contributed by atoms with Gasteiger partial charge in [0.1, 0.15) is 5.75 Å². The van der Waals surface area contributed by atoms with E-state index in [4.69, 9.17) is 14.2 Å². The number of carbonyl (C=O) groups excluding carboxylic acids is 2. The first-order chi connectivity index (χ1) is 18.0. The van der Waals surface area contributed by atoms with Crippen LogP contribution in [0.25, 0.3) is 0 Å². The Morgan fingerprint density at radius 3 is 2.21 bits per heavy atom. The molecule has 0 atom stereocenters. The molecule has 1 amide bonds. The first-order valence-corrected chi connectivity index (χ1v) is 12.5. The zero-order chi connectivity index (χ0) is 27.8. The highest BCUT2D eigenvalue weighted by Gasteiger charge is 2.27. The number of esters is 1. The minimum Gasteiger partial charge on any atom is -0.493 e. The molecular formula is C31H36N2O5. The van der Waals surface area contributed by atoms with Gasteiger partial charge in [-0.1, -0.05) is 65.0 Å². The number of rotatable bonds is 10. The van der Waals surface area contributed by atoms with E-state index in [1.54, 1.807) is 42.5 Å². The van der Waals surface area contributed by atoms with Crippen LogP contribution in [0.5, 0.6) is 17.2 Å². The highest BCUT2D eigenvalue weighted by atomic mass is 16.6. The summed E-state index contributed by atoms with van der Waals surface area (Å²) in [6, 6.07) is 21.5. The summed E-state index contributed by atoms with van der Waals surface area (Å²) in [4.78, 5) is 24.5. The highest BCUT2D eigenvalue weighted by Crippen LogP contribution is 2.36. The number of hydrazone groups is 1. The number of carbonyl (C=O) groups is 2. The lowest BCUT2D eigenvalue weighted by Crippen LogP contribution is -2.25. The fraction of sp³-hybridized carbons (Fsp3) is 0.323. The van der Waals surface area contributed by atoms with Crippen molar-refractivity contribution < 1.29 is 23.8 Å². The van der Waals surface area contributed by atoms with Crippen LogP contribution in [0, 0.1) is 5.41 Å². The summed E-state index contributed by atoms with van der Waals surface area (Å²) < 4.78 is 16.4. The summed E-state index contributed by atoms with van der Waals surface area (Å²) in [7, 11) is 1.48. The third-order valence-electron chi connectivity index (χ3n) is 5.78. The maximum absolute atomic E-state index is 12.3. The van der Waals surface area contributed by atoms with Gasteiger partial charge in [0, 0.05) is 0 Å². The number of hydrogen-bond acceptors (Lipinski definition) is 6. The van der Waals surface area contributed by atoms with Crippen molar-refractivity contribution in [2.75, 3.05) is 13.7 Å². The quantitative estimate of drug-likeness (QED) is 0.151. The Labute approximate surface area is 224 Å². The van der Waals surface area contributed by atoms with Crippen LogP contribution in [0.15, 0.2) is 77.9 Å². The van der Waals surface area contributed by atoms with E-state index < -0.39 is 11.9 Å². The number of benzene rings is 3. The molecule has 0 spiro atoms. The van der Waals surface area contributed by atoms with Crippen molar-refractivity contribution in [1.82, 2.24) is 5.43 Å². The second kappa shape index (κ2) is 12.4. The van der Waals surface area contributed by atoms with Crippen molar-refractivity contribution in [3.05, 3.63) is 89.5 Å². The summed E-state index contributed by atoms with van der Waals surface area (Å²) in [5.74, 6) is 0.384. The molecular weight excluding hydrogens is 480 g/mol. The minimum absolute atomic E-state index is 0.0350. The Balaban J connectivity index is 1.51. The highest BCUT2D eigenvalue weighted by molar-refractivity contribution is 5.91. The molecule has 0 saturated heterocycles. The minimum atomic E-state index is -0.485. The smallest absolute Gasteiger partial charge is 0.343 e. The van der Waals surface area contributed by atoms with Gasteiger partial charge in [0.2, 0.25) is 0 Å². The molecule has 1 N–H and O–H groups in total. The van der Waals surface area contributed by atoms with Gasteiger partial charge in [-0.25, -0.2) is 10.2 Å². The first kappa shape index (κ1) is 28.4. The second-order valence-corrected chi connectivity index (χ2v) is 10.9. The Morgan fingerprint density at radius 2 is 1.58 bits per heavy atom. The molecule has 3 aromatic rings. The van der Waals surface area contributed by atoms with Crippen LogP contribution in [0.4, 0.5) is 0 Å². The Kier molecular flexibility index (Phi) is 9.29. The van der Waals surface area contributed by atoms with Crippen LogP contribution in [0.2, 0.25) is 0 Å². The van der Waals surface area contributed by atoms with E-state index in [1.807, 2.05) is 30.3 Å². The fourth-order valence-electron chi connectivity index (χ4n) is 4.37. The number of methoxy groups -OCH3 is 1. The van der Waals surface area contributed by atoms with Crippen molar-refractivity contribution >= 4 is 18.1 Å². The molecule has 3 rings (SSSR count). The Hall–Kier alpha value is -4.13. The molecule has 0 aliphatic heterocycles. The van der Waals surface area contributed by atoms with Crippen molar-refractivity contribution in [2.45, 2.75) is 46.5 Å². The molecule has 0 radical (unpaired) electrons. The van der Waals surface area contributed by atoms with Crippen LogP contribution in [-0.4, -0.2) is 31.8 Å². The molecule has 0 aliphatic carbocycles. The van der Waals surface area contributed by atoms with E-state index in [2.05, 4.69) is 45.1 Å². The average molecular weight is 517 g/mol. The Morgan fingerprint density at radius 1 is 0.895 bits per heavy atom. The molecule has 0 unspecified atom stereocenters. The van der Waals surface area contributed by atoms with E-state index >= 15 is 0 Å². The van der Waals surface area contributed by atoms with Crippen LogP contribution in [0.1, 0.15) is 62.5 Å². The number of nitrogens with one attached hydrogen (secondary N) is 1. The molecule has 200 valence electrons. The van der Waals surface area contributed by atoms with Gasteiger partial charge in [0.15, 0.2) is 18.1 Å². The van der Waals surface area contributed by atoms with Gasteiger partial charge < -0.3 is 14.2 Å². The second-order valence-electron chi connectivity index (χ2n) is 10.9. The molecule has 0 saturated carbocycles. The summed E-state index contributed by atoms with van der Waals surface area (Å²) in [6.07, 6.45) is 2.52. The number of ether oxygens (including phenoxy) is 3. The zero-order valence-electron chi connectivity index (χ0n) is 22.9. The topological polar surface area (TPSA) is 86.2 Å². The third kappa shape index (κ3) is 8.47. The lowest BCUT2D eigenvalue weighted by molar-refractivity contribution is -0.123. The van der Waals surface area contributed by atoms with Crippen LogP contribution in [-0.2, 0) is 10.2 Å². The zero-order valence-corrected chi connectivity index (χ0v) is 22.9. The van der Waals surface area contributed by atoms with E-state index in [0.717, 1.165) is 6.42 Å². The predicted molar refractivity (Wildman–Crippen MR) is 149 cm³/mol. The average Bonchev–Trinajstić information content (AvgIpc) is 2.87. The molecule has 0 fully saturated rings. The van der Waals surface area contributed by atoms with E-state index in [9.17, 15) is 9.59 Å². The molecule has 7 heteroatoms. The van der Waals surface area contributed by atoms with Crippen molar-refractivity contribution in [2.24, 2.45) is 10.5 Å². The van der Waals surface area contributed by atoms with Crippen molar-refractivity contribution in [3.63, 3.8) is 0 Å². The van der Waals surface area contributed by atoms with E-state index in [0.29, 0.717) is 22.6 Å². The number of amides is 1. The maximum Gasteiger partial charge on any atom is 0.343 e. The fourth-order valence-corrected chi connectivity index (χ4v) is 4.37. The largest absolute Gasteiger partial charge is 0.493 e. The Bertz CT molecular complexity index is 1260. The van der Waals surface area contributed by atoms with Crippen LogP contribution < -0.4 is 19.6 Å². The lowest BCUT2D eigenvalue weighted by Gasteiger charge is -2.33. The lowest BCUT2D eigenvalue weighted by atomic mass is 9.72. The van der Waals surface area contributed by atoms with Crippen LogP contribution in [0.3, 0.4) is 0 Å². The van der Waals surface area contributed by atoms with Gasteiger partial charge in [-0.15, -0.1) is 0 Å². The van der Waals surface area contributed by atoms with Gasteiger partial charge in [-0.2, -0.15) is 5.10 Å². The van der Waals surface area contributed by atoms with Gasteiger partial charge in [0.25, 0.3) is 5.91 Å². The van der Waals surface area contributed by atoms with Crippen molar-refractivity contribution in [1.29, 1.82) is 0 Å². The van der Waals surface area contributed by atoms with Gasteiger partial charge in [-0.3, -0.25) is 4.79 Å². The predicted octanol–water partition coefficient (Wildman–Crippen LogP) is 6.16. The normalized spacial score (nSPS) is 11.7. The molecule has 0 aromatic heterocycles. The van der Waals surface area contributed by atoms with Gasteiger partial charge in [0.05, 0.1) is 18.9 Å². The van der Waals surface area contributed by atoms with E-state index in [1.165, 1.54) is 18.9 Å². The van der Waals surface area contributed by atoms with Gasteiger partial charge in [-0.05, 0) is 70.8 Å². The van der Waals surface area contributed by atoms with Crippen LogP contribution >= 0.6 is 0 Å². The van der Waals surface area contributed by atoms with Gasteiger partial charge >= 0.3 is 5.97 Å². The first-order valence-electron chi connectivity index (χ1n) is 12.5. The van der Waals surface area contributed by atoms with E-state index in [-0.39, 0.29) is 23.2 Å². The summed E-state index contributed by atoms with van der Waals surface area (Å²) >= 11 is 0. The molecule has 0 aliphatic rings. The molecule has 0 heterocycles. The third-order valence-corrected chi connectivity index (χ3v) is 5.78. The summed E-state index contributed by atoms with van der Waals surface area (Å²) in [6.45, 7) is 11.0. The summed E-state index contributed by atoms with van der Waals surface area (Å²) in [5, 5.41) is 3.98. The number of hydrogen-bond donors (Lipinski definition) is 1. The SMILES string of the molecule is COc1cc(/C=N/NC(=O)COc2ccc(C(C)(C)CC(C)(C)C)cc2)ccc1OC(=O)c1ccccc1. The standard InChI is InChI=1S/C31H36N2O5/c1-30(2,3)21-31(4,5)24-13-15-25(16-14-24)37-20-28(34)33-32-19-22-12-17-26(27(18-22)36-6)38-29(35)23-10-8-7-9-11-23/h7-19H,20-21H2,1-6H3,(H,33,34)/b32-19+. The molecule has 0 bridgehead atoms. The molecule has 3 aromatic carbocycles. The summed E-state index contributed by atoms with van der Waals surface area (Å²) in [5.41, 5.74) is 5.02.